The highest BCUT2D eigenvalue weighted by molar-refractivity contribution is 7.80. The van der Waals surface area contributed by atoms with E-state index < -0.39 is 18.5 Å². The van der Waals surface area contributed by atoms with Gasteiger partial charge in [-0.25, -0.2) is 0 Å². The molecule has 0 bridgehead atoms. The van der Waals surface area contributed by atoms with Gasteiger partial charge in [-0.05, 0) is 31.3 Å². The lowest BCUT2D eigenvalue weighted by atomic mass is 10.2. The Balaban J connectivity index is 1.90. The number of nitrogens with one attached hydrogen (secondary N) is 2. The van der Waals surface area contributed by atoms with Gasteiger partial charge in [0.05, 0.1) is 13.2 Å². The normalized spacial score (nSPS) is 21.4. The summed E-state index contributed by atoms with van der Waals surface area (Å²) in [6.07, 6.45) is -1.44. The topological polar surface area (TPSA) is 68.8 Å². The first-order chi connectivity index (χ1) is 10.0. The van der Waals surface area contributed by atoms with Crippen molar-refractivity contribution in [1.29, 1.82) is 0 Å². The molecule has 0 unspecified atom stereocenters. The molecule has 0 spiro atoms. The molecular weight excluding hydrogens is 292 g/mol. The van der Waals surface area contributed by atoms with Gasteiger partial charge in [0.15, 0.2) is 11.3 Å². The predicted molar refractivity (Wildman–Crippen MR) is 81.8 cm³/mol. The Bertz CT molecular complexity index is 506. The van der Waals surface area contributed by atoms with Crippen LogP contribution in [-0.2, 0) is 19.0 Å². The number of carbonyl (C=O) groups is 1. The average molecular weight is 310 g/mol. The maximum atomic E-state index is 11.0. The monoisotopic (exact) mass is 310 g/mol. The Labute approximate surface area is 128 Å². The minimum Gasteiger partial charge on any atom is -0.431 e. The molecule has 7 heteroatoms. The SMILES string of the molecule is CC(=O)O[C@@H]1OCCO[C@@H]1NC(=S)Nc1ccc(C)cc1. The highest BCUT2D eigenvalue weighted by Crippen LogP contribution is 2.12. The molecule has 0 radical (unpaired) electrons. The maximum Gasteiger partial charge on any atom is 0.305 e. The Hall–Kier alpha value is -1.70. The summed E-state index contributed by atoms with van der Waals surface area (Å²) in [7, 11) is 0. The zero-order valence-corrected chi connectivity index (χ0v) is 12.7. The Kier molecular flexibility index (Phi) is 5.49. The number of aryl methyl sites for hydroxylation is 1. The molecule has 114 valence electrons. The van der Waals surface area contributed by atoms with Crippen LogP contribution in [0.2, 0.25) is 0 Å². The number of carbonyl (C=O) groups excluding carboxylic acids is 1. The van der Waals surface area contributed by atoms with E-state index in [-0.39, 0.29) is 0 Å². The van der Waals surface area contributed by atoms with E-state index in [1.807, 2.05) is 31.2 Å². The Morgan fingerprint density at radius 3 is 2.62 bits per heavy atom. The van der Waals surface area contributed by atoms with Crippen LogP contribution in [0.3, 0.4) is 0 Å². The predicted octanol–water partition coefficient (Wildman–Crippen LogP) is 1.54. The van der Waals surface area contributed by atoms with E-state index in [0.717, 1.165) is 5.69 Å². The molecule has 1 fully saturated rings. The summed E-state index contributed by atoms with van der Waals surface area (Å²) in [6, 6.07) is 7.80. The van der Waals surface area contributed by atoms with Crippen LogP contribution in [0.1, 0.15) is 12.5 Å². The minimum absolute atomic E-state index is 0.367. The summed E-state index contributed by atoms with van der Waals surface area (Å²) in [5.41, 5.74) is 2.03. The highest BCUT2D eigenvalue weighted by Gasteiger charge is 2.30. The molecule has 6 nitrogen and oxygen atoms in total. The zero-order valence-electron chi connectivity index (χ0n) is 11.9. The second-order valence-corrected chi connectivity index (χ2v) is 5.01. The van der Waals surface area contributed by atoms with Crippen molar-refractivity contribution in [2.45, 2.75) is 26.4 Å². The molecule has 1 aliphatic rings. The van der Waals surface area contributed by atoms with Gasteiger partial charge in [-0.15, -0.1) is 0 Å². The van der Waals surface area contributed by atoms with Crippen LogP contribution in [0.25, 0.3) is 0 Å². The van der Waals surface area contributed by atoms with Crippen molar-refractivity contribution in [3.63, 3.8) is 0 Å². The maximum absolute atomic E-state index is 11.0. The summed E-state index contributed by atoms with van der Waals surface area (Å²) in [5, 5.41) is 6.34. The van der Waals surface area contributed by atoms with Gasteiger partial charge in [0.1, 0.15) is 0 Å². The number of benzene rings is 1. The van der Waals surface area contributed by atoms with Crippen LogP contribution < -0.4 is 10.6 Å². The molecule has 0 amide bonds. The van der Waals surface area contributed by atoms with Crippen molar-refractivity contribution in [3.8, 4) is 0 Å². The first-order valence-electron chi connectivity index (χ1n) is 6.59. The van der Waals surface area contributed by atoms with E-state index in [1.54, 1.807) is 0 Å². The Morgan fingerprint density at radius 1 is 1.29 bits per heavy atom. The summed E-state index contributed by atoms with van der Waals surface area (Å²) in [6.45, 7) is 4.10. The molecule has 2 rings (SSSR count). The van der Waals surface area contributed by atoms with Crippen molar-refractivity contribution < 1.29 is 19.0 Å². The molecule has 2 atom stereocenters. The lowest BCUT2D eigenvalue weighted by Gasteiger charge is -2.32. The van der Waals surface area contributed by atoms with Gasteiger partial charge in [-0.3, -0.25) is 4.79 Å². The lowest BCUT2D eigenvalue weighted by Crippen LogP contribution is -2.52. The molecular formula is C14H18N2O4S. The standard InChI is InChI=1S/C14H18N2O4S/c1-9-3-5-11(6-4-9)15-14(21)16-12-13(20-10(2)17)19-8-7-18-12/h3-6,12-13H,7-8H2,1-2H3,(H2,15,16,21)/t12-,13-/m0/s1. The summed E-state index contributed by atoms with van der Waals surface area (Å²) >= 11 is 5.22. The number of ether oxygens (including phenoxy) is 3. The molecule has 0 aromatic heterocycles. The van der Waals surface area contributed by atoms with Gasteiger partial charge in [-0.2, -0.15) is 0 Å². The second-order valence-electron chi connectivity index (χ2n) is 4.60. The number of esters is 1. The van der Waals surface area contributed by atoms with Crippen LogP contribution >= 0.6 is 12.2 Å². The molecule has 21 heavy (non-hydrogen) atoms. The fourth-order valence-corrected chi connectivity index (χ4v) is 2.04. The van der Waals surface area contributed by atoms with E-state index >= 15 is 0 Å². The fourth-order valence-electron chi connectivity index (χ4n) is 1.81. The minimum atomic E-state index is -0.811. The molecule has 0 saturated carbocycles. The largest absolute Gasteiger partial charge is 0.431 e. The van der Waals surface area contributed by atoms with E-state index in [2.05, 4.69) is 10.6 Å². The van der Waals surface area contributed by atoms with Crippen molar-refractivity contribution in [2.75, 3.05) is 18.5 Å². The number of hydrogen-bond acceptors (Lipinski definition) is 5. The molecule has 1 aromatic carbocycles. The van der Waals surface area contributed by atoms with Gasteiger partial charge in [0.2, 0.25) is 6.29 Å². The quantitative estimate of drug-likeness (QED) is 0.648. The van der Waals surface area contributed by atoms with Crippen molar-refractivity contribution >= 4 is 29.0 Å². The lowest BCUT2D eigenvalue weighted by molar-refractivity contribution is -0.244. The van der Waals surface area contributed by atoms with Gasteiger partial charge in [0.25, 0.3) is 0 Å². The third kappa shape index (κ3) is 4.96. The molecule has 1 heterocycles. The van der Waals surface area contributed by atoms with Crippen LogP contribution in [-0.4, -0.2) is 36.8 Å². The van der Waals surface area contributed by atoms with Crippen LogP contribution in [0, 0.1) is 6.92 Å². The second kappa shape index (κ2) is 7.35. The third-order valence-corrected chi connectivity index (χ3v) is 2.99. The summed E-state index contributed by atoms with van der Waals surface area (Å²) in [4.78, 5) is 11.0. The fraction of sp³-hybridized carbons (Fsp3) is 0.429. The average Bonchev–Trinajstić information content (AvgIpc) is 2.43. The molecule has 1 aromatic rings. The summed E-state index contributed by atoms with van der Waals surface area (Å²) < 4.78 is 15.9. The Morgan fingerprint density at radius 2 is 1.95 bits per heavy atom. The number of rotatable bonds is 3. The third-order valence-electron chi connectivity index (χ3n) is 2.77. The van der Waals surface area contributed by atoms with Crippen LogP contribution in [0.4, 0.5) is 5.69 Å². The number of anilines is 1. The highest BCUT2D eigenvalue weighted by atomic mass is 32.1. The van der Waals surface area contributed by atoms with E-state index in [9.17, 15) is 4.79 Å². The summed E-state index contributed by atoms with van der Waals surface area (Å²) in [5.74, 6) is -0.435. The first kappa shape index (κ1) is 15.7. The van der Waals surface area contributed by atoms with Crippen molar-refractivity contribution in [3.05, 3.63) is 29.8 Å². The van der Waals surface area contributed by atoms with Gasteiger partial charge >= 0.3 is 5.97 Å². The van der Waals surface area contributed by atoms with Gasteiger partial charge in [0, 0.05) is 12.6 Å². The molecule has 1 saturated heterocycles. The van der Waals surface area contributed by atoms with Crippen LogP contribution in [0.15, 0.2) is 24.3 Å². The molecule has 1 aliphatic heterocycles. The van der Waals surface area contributed by atoms with Crippen molar-refractivity contribution in [2.24, 2.45) is 0 Å². The number of hydrogen-bond donors (Lipinski definition) is 2. The smallest absolute Gasteiger partial charge is 0.305 e. The van der Waals surface area contributed by atoms with E-state index in [0.29, 0.717) is 18.3 Å². The number of thiocarbonyl (C=S) groups is 1. The van der Waals surface area contributed by atoms with Gasteiger partial charge < -0.3 is 24.8 Å². The van der Waals surface area contributed by atoms with Gasteiger partial charge in [-0.1, -0.05) is 17.7 Å². The van der Waals surface area contributed by atoms with E-state index in [4.69, 9.17) is 26.4 Å². The van der Waals surface area contributed by atoms with Crippen LogP contribution in [0.5, 0.6) is 0 Å². The first-order valence-corrected chi connectivity index (χ1v) is 7.00. The van der Waals surface area contributed by atoms with E-state index in [1.165, 1.54) is 12.5 Å². The molecule has 0 aliphatic carbocycles. The zero-order chi connectivity index (χ0) is 15.2. The van der Waals surface area contributed by atoms with Crippen molar-refractivity contribution in [1.82, 2.24) is 5.32 Å². The molecule has 2 N–H and O–H groups in total.